The van der Waals surface area contributed by atoms with Crippen LogP contribution in [0.4, 0.5) is 0 Å². The first-order valence-corrected chi connectivity index (χ1v) is 8.53. The normalized spacial score (nSPS) is 21.3. The van der Waals surface area contributed by atoms with Crippen molar-refractivity contribution in [1.82, 2.24) is 5.32 Å². The smallest absolute Gasteiger partial charge is 0.0576 e. The molecule has 1 N–H and O–H groups in total. The summed E-state index contributed by atoms with van der Waals surface area (Å²) in [6.07, 6.45) is 6.54. The van der Waals surface area contributed by atoms with Gasteiger partial charge in [0.25, 0.3) is 0 Å². The fourth-order valence-corrected chi connectivity index (χ4v) is 4.11. The van der Waals surface area contributed by atoms with E-state index in [-0.39, 0.29) is 0 Å². The molecule has 0 aromatic carbocycles. The Kier molecular flexibility index (Phi) is 6.15. The summed E-state index contributed by atoms with van der Waals surface area (Å²) in [4.78, 5) is 1.45. The van der Waals surface area contributed by atoms with Crippen LogP contribution in [0.25, 0.3) is 0 Å². The minimum absolute atomic E-state index is 0.512. The van der Waals surface area contributed by atoms with Gasteiger partial charge in [-0.2, -0.15) is 0 Å². The van der Waals surface area contributed by atoms with Crippen LogP contribution in [0.1, 0.15) is 37.5 Å². The number of ether oxygens (including phenoxy) is 1. The van der Waals surface area contributed by atoms with Gasteiger partial charge in [0.1, 0.15) is 0 Å². The van der Waals surface area contributed by atoms with E-state index < -0.39 is 0 Å². The fourth-order valence-electron chi connectivity index (χ4n) is 2.52. The van der Waals surface area contributed by atoms with E-state index >= 15 is 0 Å². The van der Waals surface area contributed by atoms with Crippen LogP contribution in [-0.2, 0) is 11.2 Å². The number of hydrogen-bond acceptors (Lipinski definition) is 3. The molecule has 0 bridgehead atoms. The molecule has 0 spiro atoms. The van der Waals surface area contributed by atoms with Crippen LogP contribution < -0.4 is 5.32 Å². The summed E-state index contributed by atoms with van der Waals surface area (Å²) in [7, 11) is 0. The molecule has 2 rings (SSSR count). The Morgan fingerprint density at radius 2 is 2.50 bits per heavy atom. The molecule has 18 heavy (non-hydrogen) atoms. The monoisotopic (exact) mass is 331 g/mol. The predicted molar refractivity (Wildman–Crippen MR) is 81.4 cm³/mol. The first-order valence-electron chi connectivity index (χ1n) is 6.86. The molecule has 2 nitrogen and oxygen atoms in total. The van der Waals surface area contributed by atoms with Crippen LogP contribution in [-0.4, -0.2) is 25.3 Å². The zero-order valence-electron chi connectivity index (χ0n) is 11.0. The molecule has 1 aliphatic heterocycles. The molecule has 1 saturated heterocycles. The zero-order valence-corrected chi connectivity index (χ0v) is 13.4. The average molecular weight is 332 g/mol. The maximum absolute atomic E-state index is 5.71. The summed E-state index contributed by atoms with van der Waals surface area (Å²) in [6.45, 7) is 4.19. The lowest BCUT2D eigenvalue weighted by atomic mass is 10.0. The van der Waals surface area contributed by atoms with Gasteiger partial charge in [-0.25, -0.2) is 0 Å². The van der Waals surface area contributed by atoms with E-state index in [2.05, 4.69) is 39.6 Å². The van der Waals surface area contributed by atoms with Crippen LogP contribution in [0.2, 0.25) is 0 Å². The highest BCUT2D eigenvalue weighted by atomic mass is 79.9. The number of likely N-dealkylation sites (N-methyl/N-ethyl adjacent to an activating group) is 1. The molecule has 2 heterocycles. The van der Waals surface area contributed by atoms with Crippen molar-refractivity contribution >= 4 is 27.3 Å². The second-order valence-electron chi connectivity index (χ2n) is 4.86. The minimum atomic E-state index is 0.512. The number of rotatable bonds is 7. The Hall–Kier alpha value is 0.100. The largest absolute Gasteiger partial charge is 0.378 e. The van der Waals surface area contributed by atoms with E-state index in [0.717, 1.165) is 19.6 Å². The van der Waals surface area contributed by atoms with Crippen molar-refractivity contribution in [1.29, 1.82) is 0 Å². The van der Waals surface area contributed by atoms with Crippen molar-refractivity contribution < 1.29 is 4.74 Å². The Morgan fingerprint density at radius 1 is 1.61 bits per heavy atom. The lowest BCUT2D eigenvalue weighted by Gasteiger charge is -2.19. The maximum atomic E-state index is 5.71. The van der Waals surface area contributed by atoms with E-state index in [4.69, 9.17) is 4.74 Å². The first kappa shape index (κ1) is 14.5. The van der Waals surface area contributed by atoms with Crippen molar-refractivity contribution in [2.45, 2.75) is 51.2 Å². The van der Waals surface area contributed by atoms with Gasteiger partial charge in [0, 0.05) is 22.0 Å². The molecule has 0 amide bonds. The third-order valence-electron chi connectivity index (χ3n) is 3.48. The summed E-state index contributed by atoms with van der Waals surface area (Å²) < 4.78 is 6.96. The van der Waals surface area contributed by atoms with Crippen molar-refractivity contribution in [3.8, 4) is 0 Å². The SMILES string of the molecule is CCNC(CCC1CCCO1)Cc1sccc1Br. The van der Waals surface area contributed by atoms with Crippen LogP contribution in [0.15, 0.2) is 15.9 Å². The van der Waals surface area contributed by atoms with E-state index in [9.17, 15) is 0 Å². The van der Waals surface area contributed by atoms with Gasteiger partial charge in [-0.3, -0.25) is 0 Å². The van der Waals surface area contributed by atoms with Gasteiger partial charge >= 0.3 is 0 Å². The molecule has 4 heteroatoms. The third-order valence-corrected chi connectivity index (χ3v) is 5.43. The molecule has 2 atom stereocenters. The highest BCUT2D eigenvalue weighted by Crippen LogP contribution is 2.25. The minimum Gasteiger partial charge on any atom is -0.378 e. The molecule has 102 valence electrons. The second kappa shape index (κ2) is 7.63. The summed E-state index contributed by atoms with van der Waals surface area (Å²) in [5.41, 5.74) is 0. The molecule has 0 aliphatic carbocycles. The van der Waals surface area contributed by atoms with Crippen molar-refractivity contribution in [3.63, 3.8) is 0 Å². The van der Waals surface area contributed by atoms with Crippen molar-refractivity contribution in [3.05, 3.63) is 20.8 Å². The average Bonchev–Trinajstić information content (AvgIpc) is 2.99. The topological polar surface area (TPSA) is 21.3 Å². The fraction of sp³-hybridized carbons (Fsp3) is 0.714. The zero-order chi connectivity index (χ0) is 12.8. The summed E-state index contributed by atoms with van der Waals surface area (Å²) >= 11 is 5.46. The molecule has 2 unspecified atom stereocenters. The third kappa shape index (κ3) is 4.34. The molecule has 1 fully saturated rings. The lowest BCUT2D eigenvalue weighted by molar-refractivity contribution is 0.0996. The molecule has 0 radical (unpaired) electrons. The van der Waals surface area contributed by atoms with E-state index in [1.54, 1.807) is 0 Å². The Labute approximate surface area is 122 Å². The van der Waals surface area contributed by atoms with Gasteiger partial charge in [0.2, 0.25) is 0 Å². The molecule has 1 aromatic heterocycles. The molecule has 0 saturated carbocycles. The van der Waals surface area contributed by atoms with E-state index in [1.807, 2.05) is 11.3 Å². The van der Waals surface area contributed by atoms with Crippen LogP contribution in [0, 0.1) is 0 Å². The van der Waals surface area contributed by atoms with Gasteiger partial charge in [0.15, 0.2) is 0 Å². The number of nitrogens with one attached hydrogen (secondary N) is 1. The summed E-state index contributed by atoms with van der Waals surface area (Å²) in [5.74, 6) is 0. The predicted octanol–water partition coefficient (Wildman–Crippen LogP) is 3.99. The van der Waals surface area contributed by atoms with Gasteiger partial charge < -0.3 is 10.1 Å². The highest BCUT2D eigenvalue weighted by Gasteiger charge is 2.18. The molecular formula is C14H22BrNOS. The standard InChI is InChI=1S/C14H22BrNOS/c1-2-16-11(5-6-12-4-3-8-17-12)10-14-13(15)7-9-18-14/h7,9,11-12,16H,2-6,8,10H2,1H3. The van der Waals surface area contributed by atoms with E-state index in [0.29, 0.717) is 12.1 Å². The molecule has 1 aliphatic rings. The highest BCUT2D eigenvalue weighted by molar-refractivity contribution is 9.10. The number of thiophene rings is 1. The van der Waals surface area contributed by atoms with Gasteiger partial charge in [-0.15, -0.1) is 11.3 Å². The van der Waals surface area contributed by atoms with Crippen LogP contribution in [0.5, 0.6) is 0 Å². The summed E-state index contributed by atoms with van der Waals surface area (Å²) in [5, 5.41) is 5.76. The Bertz CT molecular complexity index is 349. The molecular weight excluding hydrogens is 310 g/mol. The van der Waals surface area contributed by atoms with Crippen LogP contribution in [0.3, 0.4) is 0 Å². The number of halogens is 1. The maximum Gasteiger partial charge on any atom is 0.0576 e. The first-order chi connectivity index (χ1) is 8.79. The second-order valence-corrected chi connectivity index (χ2v) is 6.72. The van der Waals surface area contributed by atoms with Crippen LogP contribution >= 0.6 is 27.3 Å². The quantitative estimate of drug-likeness (QED) is 0.815. The summed E-state index contributed by atoms with van der Waals surface area (Å²) in [6, 6.07) is 2.72. The van der Waals surface area contributed by atoms with Crippen molar-refractivity contribution in [2.24, 2.45) is 0 Å². The Balaban J connectivity index is 1.81. The lowest BCUT2D eigenvalue weighted by Crippen LogP contribution is -2.31. The van der Waals surface area contributed by atoms with Gasteiger partial charge in [-0.05, 0) is 66.0 Å². The Morgan fingerprint density at radius 3 is 3.11 bits per heavy atom. The van der Waals surface area contributed by atoms with E-state index in [1.165, 1.54) is 35.0 Å². The number of hydrogen-bond donors (Lipinski definition) is 1. The molecule has 1 aromatic rings. The van der Waals surface area contributed by atoms with Gasteiger partial charge in [-0.1, -0.05) is 6.92 Å². The van der Waals surface area contributed by atoms with Gasteiger partial charge in [0.05, 0.1) is 6.10 Å². The van der Waals surface area contributed by atoms with Crippen molar-refractivity contribution in [2.75, 3.05) is 13.2 Å².